The third kappa shape index (κ3) is 3.03. The summed E-state index contributed by atoms with van der Waals surface area (Å²) in [6, 6.07) is 0.530. The third-order valence-corrected chi connectivity index (χ3v) is 7.40. The highest BCUT2D eigenvalue weighted by Crippen LogP contribution is 2.29. The van der Waals surface area contributed by atoms with Gasteiger partial charge in [0, 0.05) is 32.3 Å². The van der Waals surface area contributed by atoms with Gasteiger partial charge in [-0.3, -0.25) is 0 Å². The lowest BCUT2D eigenvalue weighted by atomic mass is 9.91. The predicted molar refractivity (Wildman–Crippen MR) is 78.1 cm³/mol. The van der Waals surface area contributed by atoms with Crippen LogP contribution in [-0.2, 0) is 14.8 Å². The number of sulfonamides is 1. The van der Waals surface area contributed by atoms with Crippen LogP contribution in [0.15, 0.2) is 0 Å². The van der Waals surface area contributed by atoms with Crippen molar-refractivity contribution in [1.29, 1.82) is 0 Å². The molecule has 0 radical (unpaired) electrons. The average molecular weight is 302 g/mol. The topological polar surface area (TPSA) is 58.6 Å². The summed E-state index contributed by atoms with van der Waals surface area (Å²) >= 11 is 0. The second-order valence-electron chi connectivity index (χ2n) is 6.32. The molecule has 20 heavy (non-hydrogen) atoms. The van der Waals surface area contributed by atoms with Crippen LogP contribution in [0.25, 0.3) is 0 Å². The van der Waals surface area contributed by atoms with Crippen molar-refractivity contribution in [3.8, 4) is 0 Å². The van der Waals surface area contributed by atoms with Crippen molar-refractivity contribution in [2.45, 2.75) is 49.8 Å². The molecule has 0 amide bonds. The van der Waals surface area contributed by atoms with E-state index in [1.165, 1.54) is 12.8 Å². The van der Waals surface area contributed by atoms with Crippen LogP contribution in [0.5, 0.6) is 0 Å². The van der Waals surface area contributed by atoms with Gasteiger partial charge in [0.25, 0.3) is 0 Å². The van der Waals surface area contributed by atoms with Crippen LogP contribution in [-0.4, -0.2) is 56.9 Å². The van der Waals surface area contributed by atoms with Crippen molar-refractivity contribution in [2.75, 3.05) is 32.8 Å². The second-order valence-corrected chi connectivity index (χ2v) is 8.53. The second kappa shape index (κ2) is 6.30. The first-order valence-electron chi connectivity index (χ1n) is 7.98. The van der Waals surface area contributed by atoms with Crippen LogP contribution >= 0.6 is 0 Å². The zero-order valence-electron chi connectivity index (χ0n) is 12.1. The number of rotatable bonds is 3. The van der Waals surface area contributed by atoms with Crippen molar-refractivity contribution < 1.29 is 13.2 Å². The van der Waals surface area contributed by atoms with Gasteiger partial charge in [0.05, 0.1) is 5.25 Å². The van der Waals surface area contributed by atoms with Crippen LogP contribution in [0.3, 0.4) is 0 Å². The minimum Gasteiger partial charge on any atom is -0.381 e. The fraction of sp³-hybridized carbons (Fsp3) is 1.00. The minimum atomic E-state index is -3.12. The van der Waals surface area contributed by atoms with E-state index >= 15 is 0 Å². The summed E-state index contributed by atoms with van der Waals surface area (Å²) in [6.45, 7) is 3.70. The Hall–Kier alpha value is -0.170. The van der Waals surface area contributed by atoms with E-state index in [9.17, 15) is 8.42 Å². The maximum absolute atomic E-state index is 12.8. The molecule has 3 fully saturated rings. The van der Waals surface area contributed by atoms with Crippen LogP contribution < -0.4 is 5.32 Å². The van der Waals surface area contributed by atoms with Gasteiger partial charge in [-0.25, -0.2) is 12.7 Å². The van der Waals surface area contributed by atoms with E-state index in [-0.39, 0.29) is 5.25 Å². The molecule has 0 bridgehead atoms. The summed E-state index contributed by atoms with van der Waals surface area (Å²) in [5.74, 6) is 0.501. The monoisotopic (exact) mass is 302 g/mol. The fourth-order valence-corrected chi connectivity index (χ4v) is 5.82. The fourth-order valence-electron chi connectivity index (χ4n) is 3.83. The van der Waals surface area contributed by atoms with E-state index in [0.29, 0.717) is 44.6 Å². The summed E-state index contributed by atoms with van der Waals surface area (Å²) in [5, 5.41) is 3.32. The molecule has 5 nitrogen and oxygen atoms in total. The van der Waals surface area contributed by atoms with Gasteiger partial charge in [-0.2, -0.15) is 0 Å². The highest BCUT2D eigenvalue weighted by Gasteiger charge is 2.38. The van der Waals surface area contributed by atoms with Gasteiger partial charge in [-0.1, -0.05) is 0 Å². The van der Waals surface area contributed by atoms with Crippen molar-refractivity contribution in [1.82, 2.24) is 9.62 Å². The van der Waals surface area contributed by atoms with E-state index < -0.39 is 10.0 Å². The van der Waals surface area contributed by atoms with E-state index in [1.807, 2.05) is 0 Å². The third-order valence-electron chi connectivity index (χ3n) is 5.04. The molecular formula is C14H26N2O3S. The molecule has 0 spiro atoms. The van der Waals surface area contributed by atoms with Crippen molar-refractivity contribution in [2.24, 2.45) is 5.92 Å². The number of piperidine rings is 1. The summed E-state index contributed by atoms with van der Waals surface area (Å²) in [5.41, 5.74) is 0. The molecule has 3 rings (SSSR count). The molecule has 2 atom stereocenters. The van der Waals surface area contributed by atoms with Gasteiger partial charge in [0.15, 0.2) is 0 Å². The Morgan fingerprint density at radius 2 is 1.85 bits per heavy atom. The van der Waals surface area contributed by atoms with Gasteiger partial charge in [0.1, 0.15) is 0 Å². The van der Waals surface area contributed by atoms with Crippen molar-refractivity contribution in [3.05, 3.63) is 0 Å². The number of nitrogens with zero attached hydrogens (tertiary/aromatic N) is 1. The molecule has 3 aliphatic rings. The van der Waals surface area contributed by atoms with E-state index in [1.54, 1.807) is 4.31 Å². The van der Waals surface area contributed by atoms with Crippen LogP contribution in [0, 0.1) is 5.92 Å². The number of ether oxygens (including phenoxy) is 1. The Kier molecular flexibility index (Phi) is 4.65. The van der Waals surface area contributed by atoms with Gasteiger partial charge >= 0.3 is 0 Å². The standard InChI is InChI=1S/C14H26N2O3S/c17-20(18,13-5-9-19-10-6-13)16-8-2-3-12(11-16)14-4-1-7-15-14/h12-15H,1-11H2. The molecule has 0 aromatic carbocycles. The normalized spacial score (nSPS) is 34.4. The van der Waals surface area contributed by atoms with Gasteiger partial charge in [-0.15, -0.1) is 0 Å². The molecule has 0 saturated carbocycles. The lowest BCUT2D eigenvalue weighted by molar-refractivity contribution is 0.0964. The molecule has 3 heterocycles. The zero-order chi connectivity index (χ0) is 14.0. The van der Waals surface area contributed by atoms with Crippen molar-refractivity contribution >= 4 is 10.0 Å². The molecule has 6 heteroatoms. The maximum atomic E-state index is 12.8. The Morgan fingerprint density at radius 1 is 1.05 bits per heavy atom. The number of hydrogen-bond acceptors (Lipinski definition) is 4. The highest BCUT2D eigenvalue weighted by atomic mass is 32.2. The quantitative estimate of drug-likeness (QED) is 0.843. The smallest absolute Gasteiger partial charge is 0.217 e. The molecule has 3 saturated heterocycles. The number of nitrogens with one attached hydrogen (secondary N) is 1. The zero-order valence-corrected chi connectivity index (χ0v) is 12.9. The Morgan fingerprint density at radius 3 is 2.55 bits per heavy atom. The van der Waals surface area contributed by atoms with E-state index in [0.717, 1.165) is 25.9 Å². The first-order valence-corrected chi connectivity index (χ1v) is 9.48. The summed E-state index contributed by atoms with van der Waals surface area (Å²) in [6.07, 6.45) is 5.92. The largest absolute Gasteiger partial charge is 0.381 e. The van der Waals surface area contributed by atoms with Crippen molar-refractivity contribution in [3.63, 3.8) is 0 Å². The molecule has 3 aliphatic heterocycles. The van der Waals surface area contributed by atoms with Crippen LogP contribution in [0.2, 0.25) is 0 Å². The average Bonchev–Trinajstić information content (AvgIpc) is 3.03. The Bertz CT molecular complexity index is 414. The first-order chi connectivity index (χ1) is 9.68. The summed E-state index contributed by atoms with van der Waals surface area (Å²) in [4.78, 5) is 0. The summed E-state index contributed by atoms with van der Waals surface area (Å²) in [7, 11) is -3.12. The lowest BCUT2D eigenvalue weighted by Gasteiger charge is -2.37. The summed E-state index contributed by atoms with van der Waals surface area (Å²) < 4.78 is 32.6. The molecule has 116 valence electrons. The van der Waals surface area contributed by atoms with Gasteiger partial charge < -0.3 is 10.1 Å². The molecule has 0 aliphatic carbocycles. The molecule has 2 unspecified atom stereocenters. The number of hydrogen-bond donors (Lipinski definition) is 1. The first kappa shape index (κ1) is 14.8. The lowest BCUT2D eigenvalue weighted by Crippen LogP contribution is -2.49. The molecule has 1 N–H and O–H groups in total. The predicted octanol–water partition coefficient (Wildman–Crippen LogP) is 0.959. The van der Waals surface area contributed by atoms with Crippen LogP contribution in [0.1, 0.15) is 38.5 Å². The molecule has 0 aromatic rings. The maximum Gasteiger partial charge on any atom is 0.217 e. The Labute approximate surface area is 122 Å². The molecular weight excluding hydrogens is 276 g/mol. The Balaban J connectivity index is 1.65. The SMILES string of the molecule is O=S(=O)(C1CCOCC1)N1CCCC(C2CCCN2)C1. The van der Waals surface area contributed by atoms with Gasteiger partial charge in [0.2, 0.25) is 10.0 Å². The molecule has 0 aromatic heterocycles. The van der Waals surface area contributed by atoms with Crippen LogP contribution in [0.4, 0.5) is 0 Å². The minimum absolute atomic E-state index is 0.216. The van der Waals surface area contributed by atoms with E-state index in [2.05, 4.69) is 5.32 Å². The van der Waals surface area contributed by atoms with E-state index in [4.69, 9.17) is 4.74 Å². The van der Waals surface area contributed by atoms with Gasteiger partial charge in [-0.05, 0) is 51.0 Å². The highest BCUT2D eigenvalue weighted by molar-refractivity contribution is 7.89.